The minimum absolute atomic E-state index is 0.457. The van der Waals surface area contributed by atoms with Gasteiger partial charge in [0.1, 0.15) is 23.7 Å². The van der Waals surface area contributed by atoms with Gasteiger partial charge in [0.05, 0.1) is 26.0 Å². The number of rotatable bonds is 3. The molecule has 2 aromatic carbocycles. The number of hydrogen-bond acceptors (Lipinski definition) is 5. The number of aromatic nitrogens is 2. The highest BCUT2D eigenvalue weighted by atomic mass is 35.5. The molecule has 126 valence electrons. The lowest BCUT2D eigenvalue weighted by Crippen LogP contribution is -1.87. The maximum absolute atomic E-state index is 9.73. The van der Waals surface area contributed by atoms with Gasteiger partial charge in [-0.2, -0.15) is 9.64 Å². The zero-order chi connectivity index (χ0) is 18.1. The molecule has 0 aliphatic heterocycles. The van der Waals surface area contributed by atoms with Gasteiger partial charge in [-0.1, -0.05) is 64.8 Å². The first-order chi connectivity index (χ1) is 12.7. The first-order valence-corrected chi connectivity index (χ1v) is 9.08. The van der Waals surface area contributed by atoms with Gasteiger partial charge in [0.15, 0.2) is 0 Å². The van der Waals surface area contributed by atoms with E-state index < -0.39 is 0 Å². The standard InChI is InChI=1S/C19H9Cl2N3OS/c20-14-7-4-8-15(21)16(14)18-13(10-25-23-18)19-12(9-22)17(24-26-19)11-5-2-1-3-6-11/h1-8,10H. The number of nitrogens with zero attached hydrogens (tertiary/aromatic N) is 3. The monoisotopic (exact) mass is 397 g/mol. The molecule has 0 saturated carbocycles. The largest absolute Gasteiger partial charge is 0.363 e. The molecule has 0 spiro atoms. The van der Waals surface area contributed by atoms with E-state index in [1.54, 1.807) is 18.2 Å². The summed E-state index contributed by atoms with van der Waals surface area (Å²) in [5.74, 6) is 0. The maximum Gasteiger partial charge on any atom is 0.133 e. The van der Waals surface area contributed by atoms with Gasteiger partial charge in [0.25, 0.3) is 0 Å². The van der Waals surface area contributed by atoms with Crippen molar-refractivity contribution in [1.29, 1.82) is 5.26 Å². The predicted octanol–water partition coefficient (Wildman–Crippen LogP) is 6.31. The van der Waals surface area contributed by atoms with E-state index in [0.717, 1.165) is 5.56 Å². The van der Waals surface area contributed by atoms with E-state index in [4.69, 9.17) is 27.7 Å². The van der Waals surface area contributed by atoms with Crippen molar-refractivity contribution in [2.45, 2.75) is 0 Å². The molecule has 0 radical (unpaired) electrons. The summed E-state index contributed by atoms with van der Waals surface area (Å²) < 4.78 is 9.66. The summed E-state index contributed by atoms with van der Waals surface area (Å²) in [7, 11) is 0. The van der Waals surface area contributed by atoms with Crippen LogP contribution in [0.3, 0.4) is 0 Å². The number of benzene rings is 2. The van der Waals surface area contributed by atoms with Crippen molar-refractivity contribution in [1.82, 2.24) is 9.53 Å². The van der Waals surface area contributed by atoms with Crippen molar-refractivity contribution in [3.63, 3.8) is 0 Å². The molecule has 4 nitrogen and oxygen atoms in total. The average molecular weight is 398 g/mol. The van der Waals surface area contributed by atoms with Crippen molar-refractivity contribution >= 4 is 34.7 Å². The third-order valence-corrected chi connectivity index (χ3v) is 5.38. The second-order valence-corrected chi connectivity index (χ2v) is 6.97. The molecule has 0 atom stereocenters. The average Bonchev–Trinajstić information content (AvgIpc) is 3.28. The van der Waals surface area contributed by atoms with Gasteiger partial charge in [-0.05, 0) is 23.7 Å². The molecular weight excluding hydrogens is 389 g/mol. The lowest BCUT2D eigenvalue weighted by atomic mass is 10.0. The Morgan fingerprint density at radius 3 is 2.38 bits per heavy atom. The number of hydrogen-bond donors (Lipinski definition) is 0. The zero-order valence-electron chi connectivity index (χ0n) is 13.1. The Hall–Kier alpha value is -2.65. The van der Waals surface area contributed by atoms with Gasteiger partial charge in [-0.25, -0.2) is 0 Å². The molecule has 4 rings (SSSR count). The molecule has 0 aliphatic rings. The van der Waals surface area contributed by atoms with Crippen LogP contribution in [0, 0.1) is 11.3 Å². The van der Waals surface area contributed by atoms with Crippen LogP contribution in [0.5, 0.6) is 0 Å². The molecule has 7 heteroatoms. The van der Waals surface area contributed by atoms with Crippen LogP contribution in [-0.4, -0.2) is 9.53 Å². The summed E-state index contributed by atoms with van der Waals surface area (Å²) >= 11 is 13.8. The maximum atomic E-state index is 9.73. The summed E-state index contributed by atoms with van der Waals surface area (Å²) in [6.45, 7) is 0. The molecule has 0 unspecified atom stereocenters. The molecule has 4 aromatic rings. The van der Waals surface area contributed by atoms with E-state index in [2.05, 4.69) is 15.6 Å². The van der Waals surface area contributed by atoms with Crippen LogP contribution in [0.4, 0.5) is 0 Å². The summed E-state index contributed by atoms with van der Waals surface area (Å²) in [5, 5.41) is 14.7. The second kappa shape index (κ2) is 6.93. The molecule has 0 aliphatic carbocycles. The first kappa shape index (κ1) is 16.8. The summed E-state index contributed by atoms with van der Waals surface area (Å²) in [6, 6.07) is 17.0. The van der Waals surface area contributed by atoms with Crippen LogP contribution in [0.15, 0.2) is 59.3 Å². The van der Waals surface area contributed by atoms with E-state index in [1.807, 2.05) is 30.3 Å². The Kier molecular flexibility index (Phi) is 4.48. The first-order valence-electron chi connectivity index (χ1n) is 7.55. The van der Waals surface area contributed by atoms with E-state index in [0.29, 0.717) is 43.0 Å². The number of nitriles is 1. The highest BCUT2D eigenvalue weighted by molar-refractivity contribution is 7.10. The Morgan fingerprint density at radius 2 is 1.69 bits per heavy atom. The molecule has 2 aromatic heterocycles. The molecule has 0 N–H and O–H groups in total. The minimum atomic E-state index is 0.457. The quantitative estimate of drug-likeness (QED) is 0.406. The lowest BCUT2D eigenvalue weighted by molar-refractivity contribution is 0.422. The fourth-order valence-corrected chi connectivity index (χ4v) is 4.11. The highest BCUT2D eigenvalue weighted by Gasteiger charge is 2.24. The Labute approximate surface area is 163 Å². The molecule has 0 bridgehead atoms. The van der Waals surface area contributed by atoms with Gasteiger partial charge in [0.2, 0.25) is 0 Å². The fourth-order valence-electron chi connectivity index (χ4n) is 2.67. The van der Waals surface area contributed by atoms with Gasteiger partial charge in [-0.3, -0.25) is 0 Å². The SMILES string of the molecule is N#Cc1c(-c2ccccc2)nsc1-c1conc1-c1c(Cl)cccc1Cl. The molecule has 0 saturated heterocycles. The van der Waals surface area contributed by atoms with Gasteiger partial charge >= 0.3 is 0 Å². The Morgan fingerprint density at radius 1 is 0.962 bits per heavy atom. The van der Waals surface area contributed by atoms with E-state index in [-0.39, 0.29) is 0 Å². The van der Waals surface area contributed by atoms with Crippen LogP contribution in [0.25, 0.3) is 33.0 Å². The van der Waals surface area contributed by atoms with E-state index in [9.17, 15) is 5.26 Å². The van der Waals surface area contributed by atoms with Crippen molar-refractivity contribution < 1.29 is 4.52 Å². The Balaban J connectivity index is 1.91. The van der Waals surface area contributed by atoms with Crippen LogP contribution < -0.4 is 0 Å². The zero-order valence-corrected chi connectivity index (χ0v) is 15.4. The smallest absolute Gasteiger partial charge is 0.133 e. The van der Waals surface area contributed by atoms with Crippen molar-refractivity contribution in [3.8, 4) is 39.0 Å². The topological polar surface area (TPSA) is 62.7 Å². The van der Waals surface area contributed by atoms with Crippen molar-refractivity contribution in [3.05, 3.63) is 70.4 Å². The lowest BCUT2D eigenvalue weighted by Gasteiger charge is -2.05. The normalized spacial score (nSPS) is 10.7. The van der Waals surface area contributed by atoms with Crippen LogP contribution >= 0.6 is 34.7 Å². The third kappa shape index (κ3) is 2.78. The molecule has 0 fully saturated rings. The Bertz CT molecular complexity index is 1110. The molecule has 0 amide bonds. The summed E-state index contributed by atoms with van der Waals surface area (Å²) in [5.41, 5.74) is 3.66. The highest BCUT2D eigenvalue weighted by Crippen LogP contribution is 2.43. The van der Waals surface area contributed by atoms with E-state index in [1.165, 1.54) is 17.8 Å². The van der Waals surface area contributed by atoms with Gasteiger partial charge in [-0.15, -0.1) is 0 Å². The predicted molar refractivity (Wildman–Crippen MR) is 103 cm³/mol. The van der Waals surface area contributed by atoms with Gasteiger partial charge < -0.3 is 4.52 Å². The number of halogens is 2. The van der Waals surface area contributed by atoms with E-state index >= 15 is 0 Å². The van der Waals surface area contributed by atoms with Crippen molar-refractivity contribution in [2.75, 3.05) is 0 Å². The third-order valence-electron chi connectivity index (χ3n) is 3.86. The van der Waals surface area contributed by atoms with Crippen LogP contribution in [-0.2, 0) is 0 Å². The summed E-state index contributed by atoms with van der Waals surface area (Å²) in [4.78, 5) is 0.665. The fraction of sp³-hybridized carbons (Fsp3) is 0. The molecule has 2 heterocycles. The summed E-state index contributed by atoms with van der Waals surface area (Å²) in [6.07, 6.45) is 1.48. The van der Waals surface area contributed by atoms with Crippen molar-refractivity contribution in [2.24, 2.45) is 0 Å². The minimum Gasteiger partial charge on any atom is -0.363 e. The molecular formula is C19H9Cl2N3OS. The van der Waals surface area contributed by atoms with Crippen LogP contribution in [0.2, 0.25) is 10.0 Å². The van der Waals surface area contributed by atoms with Crippen LogP contribution in [0.1, 0.15) is 5.56 Å². The second-order valence-electron chi connectivity index (χ2n) is 5.39. The molecule has 26 heavy (non-hydrogen) atoms. The van der Waals surface area contributed by atoms with Gasteiger partial charge in [0, 0.05) is 11.1 Å².